The lowest BCUT2D eigenvalue weighted by Crippen LogP contribution is -2.05. The zero-order valence-electron chi connectivity index (χ0n) is 11.6. The first-order valence-corrected chi connectivity index (χ1v) is 7.09. The third-order valence-corrected chi connectivity index (χ3v) is 3.61. The summed E-state index contributed by atoms with van der Waals surface area (Å²) in [7, 11) is 0. The van der Waals surface area contributed by atoms with E-state index in [0.717, 1.165) is 16.5 Å². The second-order valence-corrected chi connectivity index (χ2v) is 5.31. The zero-order valence-corrected chi connectivity index (χ0v) is 12.3. The van der Waals surface area contributed by atoms with Crippen molar-refractivity contribution in [2.75, 3.05) is 0 Å². The molecule has 0 fully saturated rings. The van der Waals surface area contributed by atoms with E-state index in [1.54, 1.807) is 12.3 Å². The van der Waals surface area contributed by atoms with Crippen LogP contribution in [0.4, 0.5) is 0 Å². The molecule has 106 valence electrons. The van der Waals surface area contributed by atoms with Gasteiger partial charge in [-0.05, 0) is 36.8 Å². The van der Waals surface area contributed by atoms with Gasteiger partial charge in [-0.3, -0.25) is 4.98 Å². The van der Waals surface area contributed by atoms with E-state index < -0.39 is 0 Å². The van der Waals surface area contributed by atoms with E-state index in [-0.39, 0.29) is 6.04 Å². The maximum atomic E-state index is 6.23. The first-order valence-electron chi connectivity index (χ1n) is 6.72. The van der Waals surface area contributed by atoms with Crippen molar-refractivity contribution in [3.8, 4) is 11.5 Å². The van der Waals surface area contributed by atoms with E-state index in [9.17, 15) is 0 Å². The quantitative estimate of drug-likeness (QED) is 0.762. The minimum Gasteiger partial charge on any atom is -0.455 e. The van der Waals surface area contributed by atoms with Crippen molar-refractivity contribution < 1.29 is 4.74 Å². The van der Waals surface area contributed by atoms with Crippen molar-refractivity contribution in [2.45, 2.75) is 13.0 Å². The lowest BCUT2D eigenvalue weighted by Gasteiger charge is -2.12. The van der Waals surface area contributed by atoms with Gasteiger partial charge in [0.2, 0.25) is 0 Å². The predicted octanol–water partition coefficient (Wildman–Crippen LogP) is 4.70. The number of hydrogen-bond acceptors (Lipinski definition) is 3. The number of aromatic nitrogens is 1. The second kappa shape index (κ2) is 5.72. The smallest absolute Gasteiger partial charge is 0.153 e. The Labute approximate surface area is 128 Å². The topological polar surface area (TPSA) is 48.1 Å². The van der Waals surface area contributed by atoms with Gasteiger partial charge in [0.25, 0.3) is 0 Å². The number of nitrogens with two attached hydrogens (primary N) is 1. The molecule has 1 unspecified atom stereocenters. The molecule has 0 spiro atoms. The molecule has 0 saturated heterocycles. The Balaban J connectivity index is 1.97. The molecule has 4 heteroatoms. The third-order valence-electron chi connectivity index (χ3n) is 3.29. The van der Waals surface area contributed by atoms with Crippen LogP contribution in [0.3, 0.4) is 0 Å². The van der Waals surface area contributed by atoms with E-state index in [4.69, 9.17) is 22.1 Å². The van der Waals surface area contributed by atoms with E-state index >= 15 is 0 Å². The molecule has 0 saturated carbocycles. The molecule has 0 amide bonds. The van der Waals surface area contributed by atoms with Crippen LogP contribution in [0.5, 0.6) is 11.5 Å². The summed E-state index contributed by atoms with van der Waals surface area (Å²) >= 11 is 6.23. The normalized spacial score (nSPS) is 12.3. The van der Waals surface area contributed by atoms with Gasteiger partial charge in [-0.1, -0.05) is 35.9 Å². The summed E-state index contributed by atoms with van der Waals surface area (Å²) in [6.07, 6.45) is 1.75. The fraction of sp³-hybridized carbons (Fsp3) is 0.118. The average Bonchev–Trinajstić information content (AvgIpc) is 2.47. The van der Waals surface area contributed by atoms with Crippen LogP contribution >= 0.6 is 11.6 Å². The Hall–Kier alpha value is -2.10. The predicted molar refractivity (Wildman–Crippen MR) is 85.9 cm³/mol. The van der Waals surface area contributed by atoms with Crippen LogP contribution in [-0.2, 0) is 0 Å². The first kappa shape index (κ1) is 13.9. The largest absolute Gasteiger partial charge is 0.455 e. The van der Waals surface area contributed by atoms with Gasteiger partial charge >= 0.3 is 0 Å². The van der Waals surface area contributed by atoms with Crippen LogP contribution in [-0.4, -0.2) is 4.98 Å². The van der Waals surface area contributed by atoms with Crippen LogP contribution in [0.25, 0.3) is 10.9 Å². The van der Waals surface area contributed by atoms with Gasteiger partial charge in [-0.15, -0.1) is 0 Å². The molecule has 1 aromatic heterocycles. The number of benzene rings is 2. The molecule has 3 nitrogen and oxygen atoms in total. The van der Waals surface area contributed by atoms with E-state index in [0.29, 0.717) is 16.5 Å². The number of pyridine rings is 1. The molecule has 0 aliphatic rings. The van der Waals surface area contributed by atoms with Crippen LogP contribution < -0.4 is 10.5 Å². The Kier molecular flexibility index (Phi) is 3.78. The third kappa shape index (κ3) is 2.84. The fourth-order valence-electron chi connectivity index (χ4n) is 2.23. The van der Waals surface area contributed by atoms with Crippen molar-refractivity contribution in [1.82, 2.24) is 4.98 Å². The van der Waals surface area contributed by atoms with Gasteiger partial charge in [0, 0.05) is 22.6 Å². The Morgan fingerprint density at radius 2 is 1.95 bits per heavy atom. The highest BCUT2D eigenvalue weighted by molar-refractivity contribution is 6.31. The molecule has 1 heterocycles. The van der Waals surface area contributed by atoms with Gasteiger partial charge in [0.15, 0.2) is 5.75 Å². The number of ether oxygens (including phenoxy) is 1. The number of para-hydroxylation sites is 1. The highest BCUT2D eigenvalue weighted by Crippen LogP contribution is 2.31. The minimum atomic E-state index is -0.106. The Morgan fingerprint density at radius 1 is 1.14 bits per heavy atom. The maximum Gasteiger partial charge on any atom is 0.153 e. The van der Waals surface area contributed by atoms with Crippen molar-refractivity contribution >= 4 is 22.5 Å². The Bertz CT molecular complexity index is 781. The molecule has 3 aromatic rings. The van der Waals surface area contributed by atoms with Crippen LogP contribution in [0.1, 0.15) is 18.5 Å². The molecule has 0 radical (unpaired) electrons. The lowest BCUT2D eigenvalue weighted by atomic mass is 10.1. The number of nitrogens with zero attached hydrogens (tertiary/aromatic N) is 1. The van der Waals surface area contributed by atoms with Crippen LogP contribution in [0, 0.1) is 0 Å². The summed E-state index contributed by atoms with van der Waals surface area (Å²) in [5, 5.41) is 1.64. The monoisotopic (exact) mass is 298 g/mol. The highest BCUT2D eigenvalue weighted by atomic mass is 35.5. The highest BCUT2D eigenvalue weighted by Gasteiger charge is 2.09. The standard InChI is InChI=1S/C17H15ClN2O/c1-11(19)14-8-7-13(10-15(14)18)21-16-6-2-4-12-5-3-9-20-17(12)16/h2-11H,19H2,1H3. The van der Waals surface area contributed by atoms with Gasteiger partial charge in [0.05, 0.1) is 0 Å². The minimum absolute atomic E-state index is 0.106. The molecule has 2 aromatic carbocycles. The van der Waals surface area contributed by atoms with Gasteiger partial charge in [0.1, 0.15) is 11.3 Å². The number of fused-ring (bicyclic) bond motifs is 1. The number of halogens is 1. The summed E-state index contributed by atoms with van der Waals surface area (Å²) in [4.78, 5) is 4.37. The zero-order chi connectivity index (χ0) is 14.8. The molecule has 21 heavy (non-hydrogen) atoms. The average molecular weight is 299 g/mol. The van der Waals surface area contributed by atoms with Crippen molar-refractivity contribution in [2.24, 2.45) is 5.73 Å². The number of rotatable bonds is 3. The van der Waals surface area contributed by atoms with Crippen molar-refractivity contribution in [1.29, 1.82) is 0 Å². The first-order chi connectivity index (χ1) is 10.1. The van der Waals surface area contributed by atoms with E-state index in [1.165, 1.54) is 0 Å². The SMILES string of the molecule is CC(N)c1ccc(Oc2cccc3cccnc23)cc1Cl. The molecule has 1 atom stereocenters. The fourth-order valence-corrected chi connectivity index (χ4v) is 2.57. The van der Waals surface area contributed by atoms with E-state index in [2.05, 4.69) is 4.98 Å². The summed E-state index contributed by atoms with van der Waals surface area (Å²) < 4.78 is 5.92. The van der Waals surface area contributed by atoms with Crippen LogP contribution in [0.15, 0.2) is 54.7 Å². The van der Waals surface area contributed by atoms with Crippen LogP contribution in [0.2, 0.25) is 5.02 Å². The molecule has 0 bridgehead atoms. The molecular weight excluding hydrogens is 284 g/mol. The second-order valence-electron chi connectivity index (χ2n) is 4.91. The molecule has 3 rings (SSSR count). The van der Waals surface area contributed by atoms with Gasteiger partial charge in [-0.25, -0.2) is 0 Å². The number of hydrogen-bond donors (Lipinski definition) is 1. The molecule has 2 N–H and O–H groups in total. The summed E-state index contributed by atoms with van der Waals surface area (Å²) in [5.74, 6) is 1.38. The Morgan fingerprint density at radius 3 is 2.71 bits per heavy atom. The molecule has 0 aliphatic carbocycles. The van der Waals surface area contributed by atoms with E-state index in [1.807, 2.05) is 49.4 Å². The van der Waals surface area contributed by atoms with Gasteiger partial charge in [-0.2, -0.15) is 0 Å². The molecule has 0 aliphatic heterocycles. The van der Waals surface area contributed by atoms with Crippen molar-refractivity contribution in [3.63, 3.8) is 0 Å². The van der Waals surface area contributed by atoms with Gasteiger partial charge < -0.3 is 10.5 Å². The summed E-state index contributed by atoms with van der Waals surface area (Å²) in [6, 6.07) is 15.2. The summed E-state index contributed by atoms with van der Waals surface area (Å²) in [5.41, 5.74) is 7.59. The molecular formula is C17H15ClN2O. The summed E-state index contributed by atoms with van der Waals surface area (Å²) in [6.45, 7) is 1.90. The lowest BCUT2D eigenvalue weighted by molar-refractivity contribution is 0.487. The van der Waals surface area contributed by atoms with Crippen molar-refractivity contribution in [3.05, 3.63) is 65.3 Å². The maximum absolute atomic E-state index is 6.23.